The lowest BCUT2D eigenvalue weighted by atomic mass is 10.1. The summed E-state index contributed by atoms with van der Waals surface area (Å²) in [5.41, 5.74) is 2.37. The van der Waals surface area contributed by atoms with Crippen LogP contribution in [-0.4, -0.2) is 13.1 Å². The van der Waals surface area contributed by atoms with Gasteiger partial charge in [-0.25, -0.2) is 4.39 Å². The normalized spacial score (nSPS) is 10.6. The minimum atomic E-state index is -0.307. The van der Waals surface area contributed by atoms with Crippen LogP contribution in [-0.2, 0) is 13.0 Å². The fraction of sp³-hybridized carbons (Fsp3) is 0.294. The van der Waals surface area contributed by atoms with Gasteiger partial charge in [-0.05, 0) is 42.8 Å². The van der Waals surface area contributed by atoms with Gasteiger partial charge in [0.05, 0.1) is 0 Å². The molecule has 0 heterocycles. The summed E-state index contributed by atoms with van der Waals surface area (Å²) in [6.45, 7) is 4.52. The maximum absolute atomic E-state index is 13.2. The molecule has 112 valence electrons. The number of ether oxygens (including phenoxy) is 1. The Bertz CT molecular complexity index is 551. The molecule has 0 bridgehead atoms. The predicted octanol–water partition coefficient (Wildman–Crippen LogP) is 4.32. The van der Waals surface area contributed by atoms with Gasteiger partial charge in [0.15, 0.2) is 0 Å². The van der Waals surface area contributed by atoms with Gasteiger partial charge in [0.1, 0.15) is 18.2 Å². The lowest BCUT2D eigenvalue weighted by Gasteiger charge is -2.08. The fourth-order valence-corrected chi connectivity index (χ4v) is 2.43. The van der Waals surface area contributed by atoms with Gasteiger partial charge >= 0.3 is 0 Å². The molecule has 2 nitrogen and oxygen atoms in total. The van der Waals surface area contributed by atoms with E-state index >= 15 is 0 Å². The zero-order valence-corrected chi connectivity index (χ0v) is 13.6. The summed E-state index contributed by atoms with van der Waals surface area (Å²) in [5.74, 6) is 0.219. The van der Waals surface area contributed by atoms with Crippen molar-refractivity contribution in [3.05, 3.63) is 63.9 Å². The van der Waals surface area contributed by atoms with Crippen LogP contribution in [0.1, 0.15) is 18.1 Å². The third kappa shape index (κ3) is 5.48. The molecule has 0 saturated heterocycles. The molecule has 0 aromatic heterocycles. The van der Waals surface area contributed by atoms with E-state index < -0.39 is 0 Å². The van der Waals surface area contributed by atoms with Crippen molar-refractivity contribution in [1.82, 2.24) is 5.32 Å². The lowest BCUT2D eigenvalue weighted by Crippen LogP contribution is -2.15. The topological polar surface area (TPSA) is 21.3 Å². The number of benzene rings is 2. The first kappa shape index (κ1) is 16.0. The summed E-state index contributed by atoms with van der Waals surface area (Å²) in [6, 6.07) is 12.9. The van der Waals surface area contributed by atoms with Crippen molar-refractivity contribution >= 4 is 15.9 Å². The Hall–Kier alpha value is -1.39. The van der Waals surface area contributed by atoms with Gasteiger partial charge in [-0.3, -0.25) is 0 Å². The van der Waals surface area contributed by atoms with E-state index in [-0.39, 0.29) is 5.82 Å². The average molecular weight is 352 g/mol. The highest BCUT2D eigenvalue weighted by Crippen LogP contribution is 2.21. The molecule has 0 aliphatic carbocycles. The molecule has 4 heteroatoms. The van der Waals surface area contributed by atoms with E-state index in [1.54, 1.807) is 6.07 Å². The third-order valence-electron chi connectivity index (χ3n) is 3.10. The molecule has 0 atom stereocenters. The summed E-state index contributed by atoms with van der Waals surface area (Å²) in [6.07, 6.45) is 1.02. The van der Waals surface area contributed by atoms with Crippen molar-refractivity contribution in [2.24, 2.45) is 0 Å². The van der Waals surface area contributed by atoms with Gasteiger partial charge in [0.2, 0.25) is 0 Å². The number of halogens is 2. The highest BCUT2D eigenvalue weighted by atomic mass is 79.9. The van der Waals surface area contributed by atoms with E-state index in [0.29, 0.717) is 16.8 Å². The Morgan fingerprint density at radius 2 is 1.81 bits per heavy atom. The molecule has 1 N–H and O–H groups in total. The monoisotopic (exact) mass is 351 g/mol. The molecular formula is C17H19BrFNO. The Morgan fingerprint density at radius 3 is 2.48 bits per heavy atom. The highest BCUT2D eigenvalue weighted by Gasteiger charge is 2.01. The molecule has 0 radical (unpaired) electrons. The van der Waals surface area contributed by atoms with Gasteiger partial charge in [-0.15, -0.1) is 0 Å². The van der Waals surface area contributed by atoms with Crippen molar-refractivity contribution in [1.29, 1.82) is 0 Å². The van der Waals surface area contributed by atoms with Crippen LogP contribution in [0.15, 0.2) is 46.9 Å². The number of nitrogens with one attached hydrogen (secondary N) is 1. The molecule has 0 spiro atoms. The largest absolute Gasteiger partial charge is 0.489 e. The SMILES string of the molecule is CCNCCc1ccc(COc2cc(F)cc(Br)c2)cc1. The number of likely N-dealkylation sites (N-methyl/N-ethyl adjacent to an activating group) is 1. The van der Waals surface area contributed by atoms with E-state index in [0.717, 1.165) is 25.1 Å². The van der Waals surface area contributed by atoms with Gasteiger partial charge in [-0.1, -0.05) is 47.1 Å². The maximum atomic E-state index is 13.2. The molecule has 0 fully saturated rings. The summed E-state index contributed by atoms with van der Waals surface area (Å²) in [7, 11) is 0. The lowest BCUT2D eigenvalue weighted by molar-refractivity contribution is 0.304. The molecule has 0 aliphatic rings. The highest BCUT2D eigenvalue weighted by molar-refractivity contribution is 9.10. The molecule has 21 heavy (non-hydrogen) atoms. The Labute approximate surface area is 133 Å². The average Bonchev–Trinajstić information content (AvgIpc) is 2.46. The van der Waals surface area contributed by atoms with Crippen LogP contribution in [0, 0.1) is 5.82 Å². The van der Waals surface area contributed by atoms with Crippen LogP contribution in [0.5, 0.6) is 5.75 Å². The standard InChI is InChI=1S/C17H19BrFNO/c1-2-20-8-7-13-3-5-14(6-4-13)12-21-17-10-15(18)9-16(19)11-17/h3-6,9-11,20H,2,7-8,12H2,1H3. The van der Waals surface area contributed by atoms with E-state index in [1.807, 2.05) is 0 Å². The van der Waals surface area contributed by atoms with Gasteiger partial charge in [-0.2, -0.15) is 0 Å². The van der Waals surface area contributed by atoms with E-state index in [2.05, 4.69) is 52.4 Å². The van der Waals surface area contributed by atoms with Crippen molar-refractivity contribution in [2.45, 2.75) is 20.0 Å². The second-order valence-electron chi connectivity index (χ2n) is 4.81. The maximum Gasteiger partial charge on any atom is 0.128 e. The van der Waals surface area contributed by atoms with Crippen molar-refractivity contribution in [3.8, 4) is 5.75 Å². The quantitative estimate of drug-likeness (QED) is 0.750. The Balaban J connectivity index is 1.88. The van der Waals surface area contributed by atoms with Crippen LogP contribution in [0.3, 0.4) is 0 Å². The van der Waals surface area contributed by atoms with Crippen molar-refractivity contribution in [2.75, 3.05) is 13.1 Å². The van der Waals surface area contributed by atoms with Crippen molar-refractivity contribution in [3.63, 3.8) is 0 Å². The van der Waals surface area contributed by atoms with E-state index in [4.69, 9.17) is 4.74 Å². The van der Waals surface area contributed by atoms with Crippen LogP contribution in [0.4, 0.5) is 4.39 Å². The Kier molecular flexibility index (Phi) is 6.21. The zero-order valence-electron chi connectivity index (χ0n) is 12.0. The molecule has 2 rings (SSSR count). The van der Waals surface area contributed by atoms with Gasteiger partial charge in [0.25, 0.3) is 0 Å². The number of rotatable bonds is 7. The first-order valence-electron chi connectivity index (χ1n) is 7.05. The molecule has 2 aromatic rings. The van der Waals surface area contributed by atoms with Gasteiger partial charge < -0.3 is 10.1 Å². The third-order valence-corrected chi connectivity index (χ3v) is 3.56. The number of hydrogen-bond acceptors (Lipinski definition) is 2. The second-order valence-corrected chi connectivity index (χ2v) is 5.73. The molecule has 0 amide bonds. The van der Waals surface area contributed by atoms with Crippen LogP contribution in [0.2, 0.25) is 0 Å². The summed E-state index contributed by atoms with van der Waals surface area (Å²) in [5, 5.41) is 3.30. The molecule has 0 unspecified atom stereocenters. The minimum Gasteiger partial charge on any atom is -0.489 e. The first-order chi connectivity index (χ1) is 10.2. The zero-order chi connectivity index (χ0) is 15.1. The predicted molar refractivity (Wildman–Crippen MR) is 87.1 cm³/mol. The van der Waals surface area contributed by atoms with Crippen molar-refractivity contribution < 1.29 is 9.13 Å². The first-order valence-corrected chi connectivity index (χ1v) is 7.84. The van der Waals surface area contributed by atoms with Gasteiger partial charge in [0, 0.05) is 10.5 Å². The second kappa shape index (κ2) is 8.15. The van der Waals surface area contributed by atoms with E-state index in [9.17, 15) is 4.39 Å². The Morgan fingerprint density at radius 1 is 1.10 bits per heavy atom. The smallest absolute Gasteiger partial charge is 0.128 e. The summed E-state index contributed by atoms with van der Waals surface area (Å²) >= 11 is 3.25. The molecular weight excluding hydrogens is 333 g/mol. The van der Waals surface area contributed by atoms with Crippen LogP contribution in [0.25, 0.3) is 0 Å². The molecule has 0 saturated carbocycles. The number of hydrogen-bond donors (Lipinski definition) is 1. The fourth-order valence-electron chi connectivity index (χ4n) is 1.99. The van der Waals surface area contributed by atoms with Crippen LogP contribution < -0.4 is 10.1 Å². The van der Waals surface area contributed by atoms with E-state index in [1.165, 1.54) is 17.7 Å². The molecule has 2 aromatic carbocycles. The van der Waals surface area contributed by atoms with Crippen LogP contribution >= 0.6 is 15.9 Å². The summed E-state index contributed by atoms with van der Waals surface area (Å²) < 4.78 is 19.5. The minimum absolute atomic E-state index is 0.307. The molecule has 0 aliphatic heterocycles. The summed E-state index contributed by atoms with van der Waals surface area (Å²) in [4.78, 5) is 0.